The van der Waals surface area contributed by atoms with Gasteiger partial charge in [0, 0.05) is 0 Å². The Morgan fingerprint density at radius 2 is 1.13 bits per heavy atom. The summed E-state index contributed by atoms with van der Waals surface area (Å²) in [7, 11) is 0. The fraction of sp³-hybridized carbons (Fsp3) is 1.00. The van der Waals surface area contributed by atoms with E-state index in [1.807, 2.05) is 0 Å². The highest BCUT2D eigenvalue weighted by atomic mass is 16.7. The van der Waals surface area contributed by atoms with Crippen LogP contribution < -0.4 is 0 Å². The van der Waals surface area contributed by atoms with Crippen molar-refractivity contribution in [2.45, 2.75) is 66.6 Å². The lowest BCUT2D eigenvalue weighted by Gasteiger charge is -2.29. The minimum absolute atomic E-state index is 0.282. The largest absolute Gasteiger partial charge is 0.349 e. The lowest BCUT2D eigenvalue weighted by Crippen LogP contribution is -2.31. The van der Waals surface area contributed by atoms with Gasteiger partial charge in [0.05, 0.1) is 12.2 Å². The van der Waals surface area contributed by atoms with E-state index in [0.717, 1.165) is 12.8 Å². The fourth-order valence-electron chi connectivity index (χ4n) is 2.02. The third-order valence-electron chi connectivity index (χ3n) is 2.61. The van der Waals surface area contributed by atoms with Crippen molar-refractivity contribution >= 4 is 0 Å². The lowest BCUT2D eigenvalue weighted by atomic mass is 9.82. The van der Waals surface area contributed by atoms with Gasteiger partial charge in [-0.25, -0.2) is 0 Å². The van der Waals surface area contributed by atoms with Crippen LogP contribution in [-0.4, -0.2) is 19.0 Å². The molecule has 15 heavy (non-hydrogen) atoms. The van der Waals surface area contributed by atoms with Gasteiger partial charge < -0.3 is 9.47 Å². The third-order valence-corrected chi connectivity index (χ3v) is 2.61. The van der Waals surface area contributed by atoms with E-state index in [0.29, 0.717) is 17.6 Å². The molecule has 0 bridgehead atoms. The normalized spacial score (nSPS) is 28.4. The summed E-state index contributed by atoms with van der Waals surface area (Å²) in [4.78, 5) is 0. The Morgan fingerprint density at radius 3 is 1.40 bits per heavy atom. The number of ether oxygens (including phenoxy) is 2. The summed E-state index contributed by atoms with van der Waals surface area (Å²) in [6.07, 6.45) is 2.72. The Morgan fingerprint density at radius 1 is 0.800 bits per heavy atom. The molecule has 2 nitrogen and oxygen atoms in total. The Balaban J connectivity index is 2.50. The van der Waals surface area contributed by atoms with Gasteiger partial charge in [-0.3, -0.25) is 0 Å². The van der Waals surface area contributed by atoms with E-state index < -0.39 is 0 Å². The van der Waals surface area contributed by atoms with Gasteiger partial charge in [0.25, 0.3) is 0 Å². The van der Waals surface area contributed by atoms with Crippen LogP contribution >= 0.6 is 0 Å². The summed E-state index contributed by atoms with van der Waals surface area (Å²) < 4.78 is 11.3. The average Bonchev–Trinajstić information content (AvgIpc) is 2.29. The molecular formula is C13H26O2. The van der Waals surface area contributed by atoms with Crippen LogP contribution in [0.2, 0.25) is 0 Å². The second-order valence-electron chi connectivity index (χ2n) is 7.06. The first-order valence-electron chi connectivity index (χ1n) is 5.91. The van der Waals surface area contributed by atoms with E-state index >= 15 is 0 Å². The van der Waals surface area contributed by atoms with E-state index in [-0.39, 0.29) is 12.2 Å². The minimum atomic E-state index is 0.282. The SMILES string of the molecule is CC(C)(C)C[C@H]1OCO[C@@H]1CC(C)(C)C. The second kappa shape index (κ2) is 4.42. The molecule has 1 aliphatic rings. The first kappa shape index (κ1) is 13.0. The average molecular weight is 214 g/mol. The number of rotatable bonds is 2. The predicted molar refractivity (Wildman–Crippen MR) is 62.8 cm³/mol. The van der Waals surface area contributed by atoms with Crippen molar-refractivity contribution in [2.75, 3.05) is 6.79 Å². The smallest absolute Gasteiger partial charge is 0.147 e. The van der Waals surface area contributed by atoms with Gasteiger partial charge in [-0.1, -0.05) is 41.5 Å². The molecular weight excluding hydrogens is 188 g/mol. The van der Waals surface area contributed by atoms with E-state index in [9.17, 15) is 0 Å². The summed E-state index contributed by atoms with van der Waals surface area (Å²) in [5.41, 5.74) is 0.628. The third kappa shape index (κ3) is 4.98. The van der Waals surface area contributed by atoms with Crippen LogP contribution in [0.25, 0.3) is 0 Å². The summed E-state index contributed by atoms with van der Waals surface area (Å²) in [5, 5.41) is 0. The molecule has 0 aromatic rings. The molecule has 1 fully saturated rings. The molecule has 1 heterocycles. The summed E-state index contributed by atoms with van der Waals surface area (Å²) in [6, 6.07) is 0. The Labute approximate surface area is 94.3 Å². The van der Waals surface area contributed by atoms with Crippen molar-refractivity contribution in [1.29, 1.82) is 0 Å². The zero-order chi connectivity index (χ0) is 11.7. The molecule has 1 rings (SSSR count). The first-order chi connectivity index (χ1) is 6.67. The van der Waals surface area contributed by atoms with Gasteiger partial charge in [-0.2, -0.15) is 0 Å². The van der Waals surface area contributed by atoms with Crippen molar-refractivity contribution in [1.82, 2.24) is 0 Å². The van der Waals surface area contributed by atoms with E-state index in [4.69, 9.17) is 9.47 Å². The monoisotopic (exact) mass is 214 g/mol. The number of hydrogen-bond acceptors (Lipinski definition) is 2. The first-order valence-corrected chi connectivity index (χ1v) is 5.91. The summed E-state index contributed by atoms with van der Waals surface area (Å²) >= 11 is 0. The molecule has 90 valence electrons. The molecule has 2 atom stereocenters. The van der Waals surface area contributed by atoms with E-state index in [1.54, 1.807) is 0 Å². The molecule has 0 aliphatic carbocycles. The highest BCUT2D eigenvalue weighted by molar-refractivity contribution is 4.82. The maximum atomic E-state index is 5.67. The van der Waals surface area contributed by atoms with E-state index in [2.05, 4.69) is 41.5 Å². The maximum absolute atomic E-state index is 5.67. The quantitative estimate of drug-likeness (QED) is 0.699. The van der Waals surface area contributed by atoms with Gasteiger partial charge in [-0.15, -0.1) is 0 Å². The van der Waals surface area contributed by atoms with Crippen LogP contribution in [0.3, 0.4) is 0 Å². The lowest BCUT2D eigenvalue weighted by molar-refractivity contribution is 0.0287. The maximum Gasteiger partial charge on any atom is 0.147 e. The minimum Gasteiger partial charge on any atom is -0.349 e. The predicted octanol–water partition coefficient (Wildman–Crippen LogP) is 3.60. The van der Waals surface area contributed by atoms with E-state index in [1.165, 1.54) is 0 Å². The molecule has 0 N–H and O–H groups in total. The van der Waals surface area contributed by atoms with Crippen LogP contribution in [0.5, 0.6) is 0 Å². The Bertz CT molecular complexity index is 176. The zero-order valence-electron chi connectivity index (χ0n) is 11.1. The second-order valence-corrected chi connectivity index (χ2v) is 7.06. The van der Waals surface area contributed by atoms with Gasteiger partial charge in [0.15, 0.2) is 0 Å². The molecule has 0 spiro atoms. The fourth-order valence-corrected chi connectivity index (χ4v) is 2.02. The van der Waals surface area contributed by atoms with Gasteiger partial charge in [0.1, 0.15) is 6.79 Å². The molecule has 0 saturated carbocycles. The van der Waals surface area contributed by atoms with Crippen molar-refractivity contribution in [2.24, 2.45) is 10.8 Å². The molecule has 1 aliphatic heterocycles. The Kier molecular flexibility index (Phi) is 3.83. The molecule has 0 unspecified atom stereocenters. The number of hydrogen-bond donors (Lipinski definition) is 0. The van der Waals surface area contributed by atoms with Crippen molar-refractivity contribution in [3.8, 4) is 0 Å². The molecule has 0 radical (unpaired) electrons. The van der Waals surface area contributed by atoms with Gasteiger partial charge >= 0.3 is 0 Å². The van der Waals surface area contributed by atoms with Gasteiger partial charge in [-0.05, 0) is 23.7 Å². The van der Waals surface area contributed by atoms with Crippen LogP contribution in [-0.2, 0) is 9.47 Å². The molecule has 0 aromatic heterocycles. The molecule has 2 heteroatoms. The topological polar surface area (TPSA) is 18.5 Å². The summed E-state index contributed by atoms with van der Waals surface area (Å²) in [6.45, 7) is 14.0. The molecule has 0 amide bonds. The van der Waals surface area contributed by atoms with Crippen molar-refractivity contribution < 1.29 is 9.47 Å². The Hall–Kier alpha value is -0.0800. The molecule has 1 saturated heterocycles. The summed E-state index contributed by atoms with van der Waals surface area (Å²) in [5.74, 6) is 0. The van der Waals surface area contributed by atoms with Crippen molar-refractivity contribution in [3.63, 3.8) is 0 Å². The zero-order valence-corrected chi connectivity index (χ0v) is 11.1. The molecule has 0 aromatic carbocycles. The highest BCUT2D eigenvalue weighted by Gasteiger charge is 2.34. The highest BCUT2D eigenvalue weighted by Crippen LogP contribution is 2.33. The van der Waals surface area contributed by atoms with Crippen LogP contribution in [0.1, 0.15) is 54.4 Å². The van der Waals surface area contributed by atoms with Crippen molar-refractivity contribution in [3.05, 3.63) is 0 Å². The van der Waals surface area contributed by atoms with Crippen LogP contribution in [0.4, 0.5) is 0 Å². The van der Waals surface area contributed by atoms with Crippen LogP contribution in [0.15, 0.2) is 0 Å². The van der Waals surface area contributed by atoms with Crippen LogP contribution in [0, 0.1) is 10.8 Å². The standard InChI is InChI=1S/C13H26O2/c1-12(2,3)7-10-11(15-9-14-10)8-13(4,5)6/h10-11H,7-9H2,1-6H3/t10-,11-/m1/s1. The van der Waals surface area contributed by atoms with Gasteiger partial charge in [0.2, 0.25) is 0 Å².